The Balaban J connectivity index is 1.25. The number of halogens is 4. The highest BCUT2D eigenvalue weighted by atomic mass is 35.5. The van der Waals surface area contributed by atoms with Gasteiger partial charge in [0, 0.05) is 10.0 Å². The van der Waals surface area contributed by atoms with Crippen LogP contribution in [-0.4, -0.2) is 54.4 Å². The second kappa shape index (κ2) is 12.6. The van der Waals surface area contributed by atoms with E-state index in [0.717, 1.165) is 0 Å². The number of rotatable bonds is 8. The maximum Gasteiger partial charge on any atom is 0.261 e. The number of carbonyl (C=O) groups is 2. The summed E-state index contributed by atoms with van der Waals surface area (Å²) >= 11 is 24.4. The van der Waals surface area contributed by atoms with Gasteiger partial charge in [0.2, 0.25) is 21.7 Å². The van der Waals surface area contributed by atoms with E-state index in [2.05, 4.69) is 30.6 Å². The lowest BCUT2D eigenvalue weighted by Crippen LogP contribution is -2.14. The van der Waals surface area contributed by atoms with E-state index in [1.165, 1.54) is 74.9 Å². The normalized spacial score (nSPS) is 11.5. The predicted octanol–water partition coefficient (Wildman–Crippen LogP) is 7.41. The molecule has 6 aromatic rings. The van der Waals surface area contributed by atoms with Gasteiger partial charge in [0.15, 0.2) is 0 Å². The summed E-state index contributed by atoms with van der Waals surface area (Å²) in [6.07, 6.45) is 0. The molecule has 240 valence electrons. The van der Waals surface area contributed by atoms with E-state index in [-0.39, 0.29) is 64.4 Å². The van der Waals surface area contributed by atoms with E-state index in [1.807, 2.05) is 0 Å². The van der Waals surface area contributed by atoms with Crippen molar-refractivity contribution < 1.29 is 27.5 Å². The standard InChI is InChI=1S/C30H20Cl4N6O6S/c1-45-25-17(7-13(31)9-19(25)33)27(41)39-29-35-21-5-3-15(11-23(21)37-29)47(43,44)16-4-6-22-24(12-16)38-30(36-22)40-28(42)18-8-14(32)10-20(34)26(18)46-2/h3-12H,1-2H3,(H2,35,37,39,41)(H2,36,38,40,42). The number of imidazole rings is 2. The van der Waals surface area contributed by atoms with E-state index in [4.69, 9.17) is 55.9 Å². The number of hydrogen-bond donors (Lipinski definition) is 4. The Labute approximate surface area is 286 Å². The highest BCUT2D eigenvalue weighted by Crippen LogP contribution is 2.34. The summed E-state index contributed by atoms with van der Waals surface area (Å²) in [6, 6.07) is 14.3. The number of nitrogens with one attached hydrogen (secondary N) is 4. The van der Waals surface area contributed by atoms with E-state index in [9.17, 15) is 18.0 Å². The lowest BCUT2D eigenvalue weighted by atomic mass is 10.2. The van der Waals surface area contributed by atoms with Crippen LogP contribution in [0.4, 0.5) is 11.9 Å². The Morgan fingerprint density at radius 3 is 1.45 bits per heavy atom. The molecule has 0 unspecified atom stereocenters. The van der Waals surface area contributed by atoms with Gasteiger partial charge < -0.3 is 19.4 Å². The molecule has 0 radical (unpaired) electrons. The Morgan fingerprint density at radius 1 is 0.660 bits per heavy atom. The molecule has 17 heteroatoms. The number of ether oxygens (including phenoxy) is 2. The topological polar surface area (TPSA) is 168 Å². The molecule has 12 nitrogen and oxygen atoms in total. The van der Waals surface area contributed by atoms with Crippen molar-refractivity contribution in [3.8, 4) is 11.5 Å². The Morgan fingerprint density at radius 2 is 1.06 bits per heavy atom. The lowest BCUT2D eigenvalue weighted by Gasteiger charge is -2.10. The molecule has 0 saturated carbocycles. The number of H-pyrrole nitrogens is 2. The molecule has 4 aromatic carbocycles. The first-order valence-corrected chi connectivity index (χ1v) is 16.3. The van der Waals surface area contributed by atoms with Crippen LogP contribution in [0.25, 0.3) is 22.1 Å². The van der Waals surface area contributed by atoms with E-state index >= 15 is 0 Å². The van der Waals surface area contributed by atoms with Crippen LogP contribution in [0, 0.1) is 0 Å². The van der Waals surface area contributed by atoms with Gasteiger partial charge in [0.05, 0.1) is 67.2 Å². The van der Waals surface area contributed by atoms with Gasteiger partial charge in [-0.3, -0.25) is 20.2 Å². The third-order valence-electron chi connectivity index (χ3n) is 6.91. The smallest absolute Gasteiger partial charge is 0.261 e. The second-order valence-corrected chi connectivity index (χ2v) is 13.5. The number of methoxy groups -OCH3 is 2. The number of amides is 2. The number of fused-ring (bicyclic) bond motifs is 2. The van der Waals surface area contributed by atoms with Crippen LogP contribution in [-0.2, 0) is 9.84 Å². The first-order valence-electron chi connectivity index (χ1n) is 13.3. The molecule has 0 bridgehead atoms. The van der Waals surface area contributed by atoms with Crippen molar-refractivity contribution in [1.82, 2.24) is 19.9 Å². The molecule has 0 saturated heterocycles. The van der Waals surface area contributed by atoms with Crippen molar-refractivity contribution in [2.45, 2.75) is 9.79 Å². The van der Waals surface area contributed by atoms with Crippen LogP contribution in [0.2, 0.25) is 20.1 Å². The highest BCUT2D eigenvalue weighted by molar-refractivity contribution is 7.91. The molecule has 0 atom stereocenters. The molecule has 0 aliphatic carbocycles. The van der Waals surface area contributed by atoms with Gasteiger partial charge in [-0.2, -0.15) is 0 Å². The van der Waals surface area contributed by atoms with E-state index < -0.39 is 21.7 Å². The minimum atomic E-state index is -4.03. The number of sulfone groups is 1. The molecule has 2 amide bonds. The van der Waals surface area contributed by atoms with Gasteiger partial charge >= 0.3 is 0 Å². The van der Waals surface area contributed by atoms with Gasteiger partial charge in [0.1, 0.15) is 11.5 Å². The van der Waals surface area contributed by atoms with Crippen LogP contribution < -0.4 is 20.1 Å². The van der Waals surface area contributed by atoms with Gasteiger partial charge in [-0.15, -0.1) is 0 Å². The fourth-order valence-corrected chi connectivity index (χ4v) is 7.24. The molecule has 0 fully saturated rings. The largest absolute Gasteiger partial charge is 0.494 e. The monoisotopic (exact) mass is 732 g/mol. The molecule has 0 spiro atoms. The average Bonchev–Trinajstić information content (AvgIpc) is 3.62. The summed E-state index contributed by atoms with van der Waals surface area (Å²) < 4.78 is 37.8. The second-order valence-electron chi connectivity index (χ2n) is 9.88. The zero-order valence-corrected chi connectivity index (χ0v) is 27.9. The maximum absolute atomic E-state index is 13.6. The van der Waals surface area contributed by atoms with Gasteiger partial charge in [-0.1, -0.05) is 46.4 Å². The summed E-state index contributed by atoms with van der Waals surface area (Å²) in [5.74, 6) is -0.817. The molecule has 6 rings (SSSR count). The van der Waals surface area contributed by atoms with E-state index in [1.54, 1.807) is 0 Å². The zero-order chi connectivity index (χ0) is 33.6. The van der Waals surface area contributed by atoms with Gasteiger partial charge in [-0.05, 0) is 60.7 Å². The first-order chi connectivity index (χ1) is 22.4. The van der Waals surface area contributed by atoms with Crippen LogP contribution in [0.5, 0.6) is 11.5 Å². The quantitative estimate of drug-likeness (QED) is 0.125. The number of aromatic amines is 2. The van der Waals surface area contributed by atoms with Gasteiger partial charge in [-0.25, -0.2) is 18.4 Å². The Bertz CT molecular complexity index is 2200. The zero-order valence-electron chi connectivity index (χ0n) is 24.0. The highest BCUT2D eigenvalue weighted by Gasteiger charge is 2.23. The Hall–Kier alpha value is -4.53. The summed E-state index contributed by atoms with van der Waals surface area (Å²) in [4.78, 5) is 40.3. The number of anilines is 2. The van der Waals surface area contributed by atoms with E-state index in [0.29, 0.717) is 22.1 Å². The van der Waals surface area contributed by atoms with Crippen molar-refractivity contribution in [3.05, 3.63) is 91.9 Å². The minimum absolute atomic E-state index is 0.0351. The molecule has 0 aliphatic rings. The average molecular weight is 734 g/mol. The van der Waals surface area contributed by atoms with Crippen molar-refractivity contribution in [2.75, 3.05) is 24.9 Å². The maximum atomic E-state index is 13.6. The molecule has 47 heavy (non-hydrogen) atoms. The summed E-state index contributed by atoms with van der Waals surface area (Å²) in [5.41, 5.74) is 1.66. The number of benzene rings is 4. The SMILES string of the molecule is COc1c(Cl)cc(Cl)cc1C(=O)Nc1nc2ccc(S(=O)(=O)c3ccc4nc(NC(=O)c5cc(Cl)cc(Cl)c5OC)[nH]c4c3)cc2[nH]1. The fourth-order valence-electron chi connectivity index (χ4n) is 4.79. The van der Waals surface area contributed by atoms with Crippen molar-refractivity contribution in [3.63, 3.8) is 0 Å². The van der Waals surface area contributed by atoms with Crippen molar-refractivity contribution in [2.24, 2.45) is 0 Å². The number of hydrogen-bond acceptors (Lipinski definition) is 8. The molecular weight excluding hydrogens is 714 g/mol. The van der Waals surface area contributed by atoms with Crippen LogP contribution in [0.15, 0.2) is 70.5 Å². The molecular formula is C30H20Cl4N6O6S. The summed E-state index contributed by atoms with van der Waals surface area (Å²) in [7, 11) is -1.30. The van der Waals surface area contributed by atoms with Crippen LogP contribution in [0.3, 0.4) is 0 Å². The van der Waals surface area contributed by atoms with Crippen molar-refractivity contribution in [1.29, 1.82) is 0 Å². The molecule has 2 aromatic heterocycles. The molecule has 2 heterocycles. The third-order valence-corrected chi connectivity index (χ3v) is 9.65. The molecule has 0 aliphatic heterocycles. The third kappa shape index (κ3) is 6.27. The number of carbonyl (C=O) groups excluding carboxylic acids is 2. The van der Waals surface area contributed by atoms with Gasteiger partial charge in [0.25, 0.3) is 11.8 Å². The minimum Gasteiger partial charge on any atom is -0.494 e. The first kappa shape index (κ1) is 32.4. The Kier molecular flexibility index (Phi) is 8.68. The lowest BCUT2D eigenvalue weighted by molar-refractivity contribution is 0.101. The fraction of sp³-hybridized carbons (Fsp3) is 0.0667. The predicted molar refractivity (Wildman–Crippen MR) is 180 cm³/mol. The van der Waals surface area contributed by atoms with Crippen LogP contribution >= 0.6 is 46.4 Å². The van der Waals surface area contributed by atoms with Crippen molar-refractivity contribution >= 4 is 102 Å². The summed E-state index contributed by atoms with van der Waals surface area (Å²) in [5, 5.41) is 6.00. The summed E-state index contributed by atoms with van der Waals surface area (Å²) in [6.45, 7) is 0. The van der Waals surface area contributed by atoms with Crippen LogP contribution in [0.1, 0.15) is 20.7 Å². The number of nitrogens with zero attached hydrogens (tertiary/aromatic N) is 2. The number of aromatic nitrogens is 4. The molecule has 4 N–H and O–H groups in total.